The molecule has 3 heteroatoms. The first-order chi connectivity index (χ1) is 9.31. The Morgan fingerprint density at radius 2 is 1.74 bits per heavy atom. The van der Waals surface area contributed by atoms with Crippen molar-refractivity contribution in [2.45, 2.75) is 52.4 Å². The lowest BCUT2D eigenvalue weighted by Gasteiger charge is -2.30. The van der Waals surface area contributed by atoms with Crippen LogP contribution >= 0.6 is 0 Å². The number of nitrogens with zero attached hydrogens (tertiary/aromatic N) is 1. The molecule has 0 aliphatic heterocycles. The first-order valence-corrected chi connectivity index (χ1v) is 8.35. The Labute approximate surface area is 119 Å². The van der Waals surface area contributed by atoms with Gasteiger partial charge in [0.25, 0.3) is 0 Å². The van der Waals surface area contributed by atoms with Crippen molar-refractivity contribution in [3.8, 4) is 0 Å². The minimum atomic E-state index is 0.383. The fourth-order valence-electron chi connectivity index (χ4n) is 3.21. The summed E-state index contributed by atoms with van der Waals surface area (Å²) in [7, 11) is 0. The summed E-state index contributed by atoms with van der Waals surface area (Å²) >= 11 is 0. The molecule has 0 aromatic heterocycles. The van der Waals surface area contributed by atoms with Gasteiger partial charge in [-0.1, -0.05) is 26.7 Å². The number of hydrogen-bond donors (Lipinski definition) is 2. The van der Waals surface area contributed by atoms with Gasteiger partial charge >= 0.3 is 0 Å². The highest BCUT2D eigenvalue weighted by atomic mass is 16.3. The van der Waals surface area contributed by atoms with Crippen LogP contribution in [0.5, 0.6) is 0 Å². The molecule has 1 fully saturated rings. The van der Waals surface area contributed by atoms with Crippen LogP contribution in [0.25, 0.3) is 0 Å². The second-order valence-corrected chi connectivity index (χ2v) is 5.93. The molecule has 0 aromatic rings. The number of aliphatic hydroxyl groups is 1. The van der Waals surface area contributed by atoms with Crippen molar-refractivity contribution in [1.29, 1.82) is 0 Å². The molecule has 0 saturated heterocycles. The smallest absolute Gasteiger partial charge is 0.0462 e. The quantitative estimate of drug-likeness (QED) is 0.599. The highest BCUT2D eigenvalue weighted by molar-refractivity contribution is 4.76. The third-order valence-corrected chi connectivity index (χ3v) is 4.68. The average Bonchev–Trinajstić information content (AvgIpc) is 2.47. The van der Waals surface area contributed by atoms with Gasteiger partial charge in [0, 0.05) is 6.61 Å². The lowest BCUT2D eigenvalue weighted by Crippen LogP contribution is -2.33. The van der Waals surface area contributed by atoms with Crippen LogP contribution in [0.2, 0.25) is 0 Å². The zero-order valence-corrected chi connectivity index (χ0v) is 13.0. The molecule has 0 bridgehead atoms. The van der Waals surface area contributed by atoms with Gasteiger partial charge in [0.15, 0.2) is 0 Å². The maximum Gasteiger partial charge on any atom is 0.0462 e. The highest BCUT2D eigenvalue weighted by Gasteiger charge is 2.23. The molecule has 3 nitrogen and oxygen atoms in total. The van der Waals surface area contributed by atoms with Crippen molar-refractivity contribution in [1.82, 2.24) is 10.2 Å². The van der Waals surface area contributed by atoms with E-state index >= 15 is 0 Å². The van der Waals surface area contributed by atoms with E-state index in [9.17, 15) is 5.11 Å². The van der Waals surface area contributed by atoms with Crippen LogP contribution in [0, 0.1) is 11.8 Å². The third-order valence-electron chi connectivity index (χ3n) is 4.68. The van der Waals surface area contributed by atoms with Crippen LogP contribution in [-0.2, 0) is 0 Å². The van der Waals surface area contributed by atoms with E-state index in [1.54, 1.807) is 0 Å². The largest absolute Gasteiger partial charge is 0.396 e. The lowest BCUT2D eigenvalue weighted by molar-refractivity contribution is 0.133. The molecule has 0 heterocycles. The zero-order valence-electron chi connectivity index (χ0n) is 13.0. The highest BCUT2D eigenvalue weighted by Crippen LogP contribution is 2.28. The molecule has 1 saturated carbocycles. The Morgan fingerprint density at radius 3 is 2.37 bits per heavy atom. The first kappa shape index (κ1) is 16.9. The van der Waals surface area contributed by atoms with Crippen LogP contribution in [0.3, 0.4) is 0 Å². The van der Waals surface area contributed by atoms with Gasteiger partial charge in [0.2, 0.25) is 0 Å². The average molecular weight is 270 g/mol. The van der Waals surface area contributed by atoms with Crippen molar-refractivity contribution in [3.63, 3.8) is 0 Å². The van der Waals surface area contributed by atoms with E-state index in [1.165, 1.54) is 58.2 Å². The molecule has 2 unspecified atom stereocenters. The number of unbranched alkanes of at least 4 members (excludes halogenated alkanes) is 1. The molecule has 1 aliphatic carbocycles. The summed E-state index contributed by atoms with van der Waals surface area (Å²) in [4.78, 5) is 2.49. The minimum Gasteiger partial charge on any atom is -0.396 e. The van der Waals surface area contributed by atoms with Crippen molar-refractivity contribution < 1.29 is 5.11 Å². The van der Waals surface area contributed by atoms with Crippen LogP contribution < -0.4 is 5.32 Å². The predicted octanol–water partition coefficient (Wildman–Crippen LogP) is 2.50. The minimum absolute atomic E-state index is 0.383. The van der Waals surface area contributed by atoms with Crippen LogP contribution in [0.4, 0.5) is 0 Å². The normalized spacial score (nSPS) is 24.0. The molecule has 2 atom stereocenters. The SMILES string of the molecule is CCN(CC)CCCCNCC1CCCCC1CO. The number of aliphatic hydroxyl groups excluding tert-OH is 1. The van der Waals surface area contributed by atoms with Gasteiger partial charge in [-0.05, 0) is 70.2 Å². The van der Waals surface area contributed by atoms with Gasteiger partial charge in [-0.3, -0.25) is 0 Å². The van der Waals surface area contributed by atoms with Gasteiger partial charge in [-0.2, -0.15) is 0 Å². The molecule has 0 aromatic carbocycles. The fourth-order valence-corrected chi connectivity index (χ4v) is 3.21. The Kier molecular flexibility index (Phi) is 9.48. The third kappa shape index (κ3) is 6.73. The summed E-state index contributed by atoms with van der Waals surface area (Å²) in [5, 5.41) is 13.0. The molecule has 1 rings (SSSR count). The summed E-state index contributed by atoms with van der Waals surface area (Å²) in [6.45, 7) is 10.7. The Morgan fingerprint density at radius 1 is 1.05 bits per heavy atom. The van der Waals surface area contributed by atoms with Gasteiger partial charge in [0.1, 0.15) is 0 Å². The summed E-state index contributed by atoms with van der Waals surface area (Å²) in [5.74, 6) is 1.26. The van der Waals surface area contributed by atoms with Gasteiger partial charge < -0.3 is 15.3 Å². The van der Waals surface area contributed by atoms with E-state index in [1.807, 2.05) is 0 Å². The summed E-state index contributed by atoms with van der Waals surface area (Å²) in [6, 6.07) is 0. The molecule has 19 heavy (non-hydrogen) atoms. The molecular formula is C16H34N2O. The maximum absolute atomic E-state index is 9.38. The van der Waals surface area contributed by atoms with Crippen molar-refractivity contribution >= 4 is 0 Å². The van der Waals surface area contributed by atoms with Crippen molar-refractivity contribution in [2.24, 2.45) is 11.8 Å². The molecule has 1 aliphatic rings. The van der Waals surface area contributed by atoms with Gasteiger partial charge in [-0.15, -0.1) is 0 Å². The van der Waals surface area contributed by atoms with E-state index in [2.05, 4.69) is 24.1 Å². The predicted molar refractivity (Wildman–Crippen MR) is 82.4 cm³/mol. The Balaban J connectivity index is 2.00. The van der Waals surface area contributed by atoms with E-state index in [0.717, 1.165) is 13.1 Å². The molecule has 0 spiro atoms. The molecule has 0 radical (unpaired) electrons. The van der Waals surface area contributed by atoms with Crippen LogP contribution in [-0.4, -0.2) is 49.3 Å². The molecule has 114 valence electrons. The van der Waals surface area contributed by atoms with E-state index < -0.39 is 0 Å². The number of hydrogen-bond acceptors (Lipinski definition) is 3. The molecular weight excluding hydrogens is 236 g/mol. The monoisotopic (exact) mass is 270 g/mol. The first-order valence-electron chi connectivity index (χ1n) is 8.35. The van der Waals surface area contributed by atoms with E-state index in [0.29, 0.717) is 18.4 Å². The van der Waals surface area contributed by atoms with Gasteiger partial charge in [-0.25, -0.2) is 0 Å². The van der Waals surface area contributed by atoms with Gasteiger partial charge in [0.05, 0.1) is 0 Å². The molecule has 0 amide bonds. The van der Waals surface area contributed by atoms with E-state index in [-0.39, 0.29) is 0 Å². The topological polar surface area (TPSA) is 35.5 Å². The second-order valence-electron chi connectivity index (χ2n) is 5.93. The number of nitrogens with one attached hydrogen (secondary N) is 1. The Hall–Kier alpha value is -0.120. The second kappa shape index (κ2) is 10.6. The van der Waals surface area contributed by atoms with Crippen LogP contribution in [0.15, 0.2) is 0 Å². The standard InChI is InChI=1S/C16H34N2O/c1-3-18(4-2)12-8-7-11-17-13-15-9-5-6-10-16(15)14-19/h15-17,19H,3-14H2,1-2H3. The Bertz CT molecular complexity index is 207. The van der Waals surface area contributed by atoms with Crippen LogP contribution in [0.1, 0.15) is 52.4 Å². The summed E-state index contributed by atoms with van der Waals surface area (Å²) in [5.41, 5.74) is 0. The summed E-state index contributed by atoms with van der Waals surface area (Å²) in [6.07, 6.45) is 7.76. The fraction of sp³-hybridized carbons (Fsp3) is 1.00. The van der Waals surface area contributed by atoms with Crippen molar-refractivity contribution in [3.05, 3.63) is 0 Å². The maximum atomic E-state index is 9.38. The van der Waals surface area contributed by atoms with E-state index in [4.69, 9.17) is 0 Å². The number of rotatable bonds is 10. The summed E-state index contributed by atoms with van der Waals surface area (Å²) < 4.78 is 0. The van der Waals surface area contributed by atoms with Crippen molar-refractivity contribution in [2.75, 3.05) is 39.3 Å². The lowest BCUT2D eigenvalue weighted by atomic mass is 9.79. The molecule has 2 N–H and O–H groups in total. The zero-order chi connectivity index (χ0) is 13.9.